The smallest absolute Gasteiger partial charge is 0.274 e. The number of benzene rings is 2. The van der Waals surface area contributed by atoms with Crippen LogP contribution in [-0.4, -0.2) is 28.5 Å². The number of nitrogens with zero attached hydrogens (tertiary/aromatic N) is 2. The zero-order chi connectivity index (χ0) is 18.5. The van der Waals surface area contributed by atoms with E-state index < -0.39 is 5.91 Å². The number of ether oxygens (including phenoxy) is 1. The van der Waals surface area contributed by atoms with Crippen molar-refractivity contribution in [1.29, 1.82) is 5.41 Å². The van der Waals surface area contributed by atoms with E-state index in [-0.39, 0.29) is 5.71 Å². The maximum absolute atomic E-state index is 12.3. The molecule has 0 saturated carbocycles. The van der Waals surface area contributed by atoms with E-state index in [2.05, 4.69) is 10.4 Å². The lowest BCUT2D eigenvalue weighted by atomic mass is 10.1. The van der Waals surface area contributed by atoms with E-state index >= 15 is 0 Å². The van der Waals surface area contributed by atoms with Crippen molar-refractivity contribution in [3.05, 3.63) is 72.1 Å². The van der Waals surface area contributed by atoms with Gasteiger partial charge < -0.3 is 15.8 Å². The van der Waals surface area contributed by atoms with Crippen molar-refractivity contribution in [3.63, 3.8) is 0 Å². The lowest BCUT2D eigenvalue weighted by Gasteiger charge is -2.08. The summed E-state index contributed by atoms with van der Waals surface area (Å²) in [6, 6.07) is 14.4. The first-order valence-electron chi connectivity index (χ1n) is 7.97. The second-order valence-electron chi connectivity index (χ2n) is 5.65. The Morgan fingerprint density at radius 2 is 1.96 bits per heavy atom. The minimum Gasteiger partial charge on any atom is -0.496 e. The van der Waals surface area contributed by atoms with Gasteiger partial charge in [-0.1, -0.05) is 36.4 Å². The summed E-state index contributed by atoms with van der Waals surface area (Å²) in [6.45, 7) is 0.503. The summed E-state index contributed by atoms with van der Waals surface area (Å²) in [4.78, 5) is 12.3. The Kier molecular flexibility index (Phi) is 4.98. The van der Waals surface area contributed by atoms with Crippen LogP contribution in [0.4, 0.5) is 11.4 Å². The van der Waals surface area contributed by atoms with E-state index in [4.69, 9.17) is 15.9 Å². The Bertz CT molecular complexity index is 948. The van der Waals surface area contributed by atoms with E-state index in [1.807, 2.05) is 24.3 Å². The van der Waals surface area contributed by atoms with Crippen LogP contribution in [-0.2, 0) is 11.3 Å². The molecule has 0 unspecified atom stereocenters. The van der Waals surface area contributed by atoms with Gasteiger partial charge in [0.05, 0.1) is 25.5 Å². The third kappa shape index (κ3) is 3.72. The molecule has 3 aromatic rings. The molecule has 1 aromatic heterocycles. The normalized spacial score (nSPS) is 10.3. The minimum atomic E-state index is -0.542. The molecule has 0 aliphatic carbocycles. The number of amides is 1. The van der Waals surface area contributed by atoms with Crippen LogP contribution in [0.1, 0.15) is 11.1 Å². The highest BCUT2D eigenvalue weighted by molar-refractivity contribution is 6.48. The van der Waals surface area contributed by atoms with Crippen molar-refractivity contribution >= 4 is 23.0 Å². The number of hydrogen-bond donors (Lipinski definition) is 3. The molecule has 2 aromatic carbocycles. The number of carbonyl (C=O) groups excluding carboxylic acids is 1. The molecule has 0 fully saturated rings. The van der Waals surface area contributed by atoms with Gasteiger partial charge >= 0.3 is 0 Å². The van der Waals surface area contributed by atoms with Gasteiger partial charge in [0.2, 0.25) is 0 Å². The zero-order valence-electron chi connectivity index (χ0n) is 14.3. The van der Waals surface area contributed by atoms with Crippen molar-refractivity contribution < 1.29 is 9.53 Å². The van der Waals surface area contributed by atoms with Crippen molar-refractivity contribution in [2.24, 2.45) is 0 Å². The number of nitrogen functional groups attached to an aromatic ring is 1. The van der Waals surface area contributed by atoms with E-state index in [0.717, 1.165) is 11.3 Å². The van der Waals surface area contributed by atoms with Crippen molar-refractivity contribution in [2.75, 3.05) is 18.2 Å². The lowest BCUT2D eigenvalue weighted by Crippen LogP contribution is -2.23. The Morgan fingerprint density at radius 3 is 2.73 bits per heavy atom. The standard InChI is InChI=1S/C19H19N5O2/c1-26-17-9-5-2-6-13(17)11-24-12-14(10-22-24)23-19(25)18(21)15-7-3-4-8-16(15)20/h2-10,12,21H,11,20H2,1H3,(H,23,25). The molecule has 1 amide bonds. The third-order valence-corrected chi connectivity index (χ3v) is 3.87. The van der Waals surface area contributed by atoms with Gasteiger partial charge in [0.1, 0.15) is 11.5 Å². The van der Waals surface area contributed by atoms with Gasteiger partial charge in [0, 0.05) is 23.0 Å². The van der Waals surface area contributed by atoms with Crippen LogP contribution in [0.25, 0.3) is 0 Å². The summed E-state index contributed by atoms with van der Waals surface area (Å²) < 4.78 is 7.02. The monoisotopic (exact) mass is 349 g/mol. The highest BCUT2D eigenvalue weighted by atomic mass is 16.5. The van der Waals surface area contributed by atoms with Crippen LogP contribution < -0.4 is 15.8 Å². The van der Waals surface area contributed by atoms with E-state index in [9.17, 15) is 4.79 Å². The highest BCUT2D eigenvalue weighted by Gasteiger charge is 2.15. The van der Waals surface area contributed by atoms with Crippen LogP contribution in [0.3, 0.4) is 0 Å². The minimum absolute atomic E-state index is 0.194. The molecule has 26 heavy (non-hydrogen) atoms. The topological polar surface area (TPSA) is 106 Å². The predicted molar refractivity (Wildman–Crippen MR) is 101 cm³/mol. The van der Waals surface area contributed by atoms with Gasteiger partial charge in [-0.3, -0.25) is 14.9 Å². The molecule has 0 spiro atoms. The average Bonchev–Trinajstić information content (AvgIpc) is 3.09. The van der Waals surface area contributed by atoms with Gasteiger partial charge in [-0.15, -0.1) is 0 Å². The molecule has 0 radical (unpaired) electrons. The summed E-state index contributed by atoms with van der Waals surface area (Å²) in [5, 5.41) is 14.9. The van der Waals surface area contributed by atoms with Gasteiger partial charge in [0.25, 0.3) is 5.91 Å². The number of carbonyl (C=O) groups is 1. The van der Waals surface area contributed by atoms with Gasteiger partial charge in [-0.2, -0.15) is 5.10 Å². The number of para-hydroxylation sites is 2. The van der Waals surface area contributed by atoms with Crippen molar-refractivity contribution in [3.8, 4) is 5.75 Å². The maximum Gasteiger partial charge on any atom is 0.274 e. The molecular weight excluding hydrogens is 330 g/mol. The van der Waals surface area contributed by atoms with Crippen LogP contribution >= 0.6 is 0 Å². The van der Waals surface area contributed by atoms with E-state index in [0.29, 0.717) is 23.5 Å². The first-order chi connectivity index (χ1) is 12.6. The maximum atomic E-state index is 12.3. The molecule has 0 aliphatic rings. The molecule has 4 N–H and O–H groups in total. The van der Waals surface area contributed by atoms with E-state index in [1.165, 1.54) is 6.20 Å². The Balaban J connectivity index is 1.69. The van der Waals surface area contributed by atoms with Crippen LogP contribution in [0.5, 0.6) is 5.75 Å². The number of nitrogens with one attached hydrogen (secondary N) is 2. The average molecular weight is 349 g/mol. The second-order valence-corrected chi connectivity index (χ2v) is 5.65. The van der Waals surface area contributed by atoms with Gasteiger partial charge in [0.15, 0.2) is 0 Å². The van der Waals surface area contributed by atoms with Crippen molar-refractivity contribution in [2.45, 2.75) is 6.54 Å². The second kappa shape index (κ2) is 7.52. The fourth-order valence-corrected chi connectivity index (χ4v) is 2.56. The zero-order valence-corrected chi connectivity index (χ0v) is 14.3. The predicted octanol–water partition coefficient (Wildman–Crippen LogP) is 2.53. The number of anilines is 2. The fraction of sp³-hybridized carbons (Fsp3) is 0.105. The molecule has 1 heterocycles. The summed E-state index contributed by atoms with van der Waals surface area (Å²) in [6.07, 6.45) is 3.24. The lowest BCUT2D eigenvalue weighted by molar-refractivity contribution is -0.110. The molecule has 0 atom stereocenters. The number of nitrogens with two attached hydrogens (primary N) is 1. The Labute approximate surface area is 150 Å². The van der Waals surface area contributed by atoms with Gasteiger partial charge in [-0.25, -0.2) is 0 Å². The molecular formula is C19H19N5O2. The highest BCUT2D eigenvalue weighted by Crippen LogP contribution is 2.19. The largest absolute Gasteiger partial charge is 0.496 e. The number of methoxy groups -OCH3 is 1. The summed E-state index contributed by atoms with van der Waals surface area (Å²) in [5.74, 6) is 0.231. The van der Waals surface area contributed by atoms with Gasteiger partial charge in [-0.05, 0) is 12.1 Å². The fourth-order valence-electron chi connectivity index (χ4n) is 2.56. The Morgan fingerprint density at radius 1 is 1.23 bits per heavy atom. The molecule has 0 saturated heterocycles. The molecule has 7 nitrogen and oxygen atoms in total. The molecule has 132 valence electrons. The first kappa shape index (κ1) is 17.2. The Hall–Kier alpha value is -3.61. The van der Waals surface area contributed by atoms with Crippen molar-refractivity contribution in [1.82, 2.24) is 9.78 Å². The first-order valence-corrected chi connectivity index (χ1v) is 7.97. The summed E-state index contributed by atoms with van der Waals surface area (Å²) >= 11 is 0. The van der Waals surface area contributed by atoms with Crippen LogP contribution in [0, 0.1) is 5.41 Å². The molecule has 7 heteroatoms. The molecule has 3 rings (SSSR count). The quantitative estimate of drug-likeness (QED) is 0.469. The summed E-state index contributed by atoms with van der Waals surface area (Å²) in [7, 11) is 1.62. The molecule has 0 aliphatic heterocycles. The number of aromatic nitrogens is 2. The van der Waals surface area contributed by atoms with Crippen LogP contribution in [0.2, 0.25) is 0 Å². The molecule has 0 bridgehead atoms. The summed E-state index contributed by atoms with van der Waals surface area (Å²) in [5.41, 5.74) is 7.89. The SMILES string of the molecule is COc1ccccc1Cn1cc(NC(=O)C(=N)c2ccccc2N)cn1. The van der Waals surface area contributed by atoms with Crippen LogP contribution in [0.15, 0.2) is 60.9 Å². The number of hydrogen-bond acceptors (Lipinski definition) is 5. The number of rotatable bonds is 6. The third-order valence-electron chi connectivity index (χ3n) is 3.87. The van der Waals surface area contributed by atoms with E-state index in [1.54, 1.807) is 42.3 Å².